The first-order valence-corrected chi connectivity index (χ1v) is 7.57. The minimum absolute atomic E-state index is 0.377. The average Bonchev–Trinajstić information content (AvgIpc) is 2.85. The van der Waals surface area contributed by atoms with E-state index in [9.17, 15) is 5.11 Å². The van der Waals surface area contributed by atoms with Crippen LogP contribution in [-0.4, -0.2) is 46.2 Å². The van der Waals surface area contributed by atoms with Crippen LogP contribution in [-0.2, 0) is 6.42 Å². The van der Waals surface area contributed by atoms with Crippen molar-refractivity contribution in [2.24, 2.45) is 10.7 Å². The van der Waals surface area contributed by atoms with Crippen LogP contribution in [0.5, 0.6) is 0 Å². The molecule has 0 saturated carbocycles. The number of hydrogen-bond donors (Lipinski definition) is 3. The molecule has 1 aliphatic heterocycles. The zero-order chi connectivity index (χ0) is 13.6. The Morgan fingerprint density at radius 1 is 1.58 bits per heavy atom. The molecule has 0 radical (unpaired) electrons. The van der Waals surface area contributed by atoms with Crippen molar-refractivity contribution in [2.45, 2.75) is 18.4 Å². The highest BCUT2D eigenvalue weighted by Gasteiger charge is 2.31. The SMILES string of the molecule is NC(=NCC1(O)CCSC1)NCCc1ccccn1. The molecule has 1 saturated heterocycles. The molecule has 1 atom stereocenters. The maximum atomic E-state index is 10.1. The molecule has 0 amide bonds. The zero-order valence-electron chi connectivity index (χ0n) is 10.9. The van der Waals surface area contributed by atoms with Gasteiger partial charge in [0.15, 0.2) is 5.96 Å². The molecule has 6 heteroatoms. The normalized spacial score (nSPS) is 23.5. The van der Waals surface area contributed by atoms with Gasteiger partial charge in [-0.2, -0.15) is 11.8 Å². The van der Waals surface area contributed by atoms with Crippen LogP contribution in [0.4, 0.5) is 0 Å². The summed E-state index contributed by atoms with van der Waals surface area (Å²) < 4.78 is 0. The molecule has 1 aromatic heterocycles. The van der Waals surface area contributed by atoms with Crippen LogP contribution in [0, 0.1) is 0 Å². The summed E-state index contributed by atoms with van der Waals surface area (Å²) in [7, 11) is 0. The van der Waals surface area contributed by atoms with Gasteiger partial charge >= 0.3 is 0 Å². The Bertz CT molecular complexity index is 418. The lowest BCUT2D eigenvalue weighted by atomic mass is 10.1. The van der Waals surface area contributed by atoms with Gasteiger partial charge in [-0.05, 0) is 24.3 Å². The molecule has 2 heterocycles. The quantitative estimate of drug-likeness (QED) is 0.537. The van der Waals surface area contributed by atoms with Gasteiger partial charge in [-0.3, -0.25) is 9.98 Å². The molecule has 1 aromatic rings. The largest absolute Gasteiger partial charge is 0.387 e. The predicted octanol–water partition coefficient (Wildman–Crippen LogP) is 0.396. The predicted molar refractivity (Wildman–Crippen MR) is 79.3 cm³/mol. The summed E-state index contributed by atoms with van der Waals surface area (Å²) in [6.07, 6.45) is 3.37. The van der Waals surface area contributed by atoms with Crippen molar-refractivity contribution in [3.8, 4) is 0 Å². The third kappa shape index (κ3) is 4.72. The summed E-state index contributed by atoms with van der Waals surface area (Å²) in [6.45, 7) is 1.07. The van der Waals surface area contributed by atoms with Crippen molar-refractivity contribution in [2.75, 3.05) is 24.6 Å². The number of aliphatic hydroxyl groups is 1. The number of pyridine rings is 1. The number of aliphatic imine (C=N–C) groups is 1. The van der Waals surface area contributed by atoms with Crippen molar-refractivity contribution in [1.29, 1.82) is 0 Å². The highest BCUT2D eigenvalue weighted by Crippen LogP contribution is 2.27. The fourth-order valence-corrected chi connectivity index (χ4v) is 3.16. The number of nitrogens with one attached hydrogen (secondary N) is 1. The van der Waals surface area contributed by atoms with Crippen LogP contribution < -0.4 is 11.1 Å². The Morgan fingerprint density at radius 3 is 3.16 bits per heavy atom. The van der Waals surface area contributed by atoms with E-state index in [4.69, 9.17) is 5.73 Å². The number of thioether (sulfide) groups is 1. The molecule has 0 aromatic carbocycles. The number of hydrogen-bond acceptors (Lipinski definition) is 4. The zero-order valence-corrected chi connectivity index (χ0v) is 11.7. The third-order valence-corrected chi connectivity index (χ3v) is 4.27. The van der Waals surface area contributed by atoms with Crippen LogP contribution in [0.25, 0.3) is 0 Å². The Hall–Kier alpha value is -1.27. The highest BCUT2D eigenvalue weighted by molar-refractivity contribution is 7.99. The number of aromatic nitrogens is 1. The molecule has 1 aliphatic rings. The molecule has 0 aliphatic carbocycles. The van der Waals surface area contributed by atoms with E-state index in [-0.39, 0.29) is 0 Å². The van der Waals surface area contributed by atoms with Gasteiger partial charge in [-0.25, -0.2) is 0 Å². The van der Waals surface area contributed by atoms with E-state index in [0.29, 0.717) is 19.0 Å². The van der Waals surface area contributed by atoms with Gasteiger partial charge in [0.2, 0.25) is 0 Å². The summed E-state index contributed by atoms with van der Waals surface area (Å²) >= 11 is 1.76. The molecule has 19 heavy (non-hydrogen) atoms. The average molecular weight is 280 g/mol. The fraction of sp³-hybridized carbons (Fsp3) is 0.538. The van der Waals surface area contributed by atoms with Gasteiger partial charge < -0.3 is 16.2 Å². The van der Waals surface area contributed by atoms with Crippen LogP contribution in [0.1, 0.15) is 12.1 Å². The number of guanidine groups is 1. The van der Waals surface area contributed by atoms with Crippen LogP contribution in [0.3, 0.4) is 0 Å². The molecular formula is C13H20N4OS. The second-order valence-electron chi connectivity index (χ2n) is 4.73. The molecule has 4 N–H and O–H groups in total. The number of rotatable bonds is 5. The molecule has 0 spiro atoms. The van der Waals surface area contributed by atoms with E-state index < -0.39 is 5.60 Å². The third-order valence-electron chi connectivity index (χ3n) is 3.04. The molecule has 1 fully saturated rings. The first-order chi connectivity index (χ1) is 9.18. The molecule has 1 unspecified atom stereocenters. The minimum atomic E-state index is -0.669. The van der Waals surface area contributed by atoms with E-state index in [0.717, 1.165) is 30.0 Å². The van der Waals surface area contributed by atoms with Gasteiger partial charge in [-0.1, -0.05) is 6.07 Å². The molecule has 5 nitrogen and oxygen atoms in total. The van der Waals surface area contributed by atoms with Gasteiger partial charge in [0.25, 0.3) is 0 Å². The Labute approximate surface area is 117 Å². The van der Waals surface area contributed by atoms with Crippen molar-refractivity contribution < 1.29 is 5.11 Å². The summed E-state index contributed by atoms with van der Waals surface area (Å²) in [5.74, 6) is 2.14. The van der Waals surface area contributed by atoms with Gasteiger partial charge in [0, 0.05) is 30.6 Å². The molecule has 104 valence electrons. The van der Waals surface area contributed by atoms with E-state index in [2.05, 4.69) is 15.3 Å². The van der Waals surface area contributed by atoms with Gasteiger partial charge in [0.05, 0.1) is 12.1 Å². The van der Waals surface area contributed by atoms with Crippen molar-refractivity contribution in [1.82, 2.24) is 10.3 Å². The van der Waals surface area contributed by atoms with Crippen molar-refractivity contribution >= 4 is 17.7 Å². The van der Waals surface area contributed by atoms with Crippen molar-refractivity contribution in [3.63, 3.8) is 0 Å². The summed E-state index contributed by atoms with van der Waals surface area (Å²) in [4.78, 5) is 8.44. The lowest BCUT2D eigenvalue weighted by Gasteiger charge is -2.18. The number of nitrogens with zero attached hydrogens (tertiary/aromatic N) is 2. The Morgan fingerprint density at radius 2 is 2.47 bits per heavy atom. The summed E-state index contributed by atoms with van der Waals surface area (Å²) in [5.41, 5.74) is 6.13. The van der Waals surface area contributed by atoms with Crippen molar-refractivity contribution in [3.05, 3.63) is 30.1 Å². The molecule has 2 rings (SSSR count). The van der Waals surface area contributed by atoms with Gasteiger partial charge in [0.1, 0.15) is 0 Å². The monoisotopic (exact) mass is 280 g/mol. The Balaban J connectivity index is 1.70. The lowest BCUT2D eigenvalue weighted by Crippen LogP contribution is -2.37. The maximum Gasteiger partial charge on any atom is 0.188 e. The fourth-order valence-electron chi connectivity index (χ4n) is 1.87. The van der Waals surface area contributed by atoms with E-state index >= 15 is 0 Å². The first-order valence-electron chi connectivity index (χ1n) is 6.42. The lowest BCUT2D eigenvalue weighted by molar-refractivity contribution is 0.0779. The van der Waals surface area contributed by atoms with Crippen LogP contribution in [0.2, 0.25) is 0 Å². The topological polar surface area (TPSA) is 83.5 Å². The maximum absolute atomic E-state index is 10.1. The molecular weight excluding hydrogens is 260 g/mol. The standard InChI is InChI=1S/C13H20N4OS/c14-12(17-9-13(18)5-8-19-10-13)16-7-4-11-3-1-2-6-15-11/h1-3,6,18H,4-5,7-10H2,(H3,14,16,17). The summed E-state index contributed by atoms with van der Waals surface area (Å²) in [6, 6.07) is 5.84. The second-order valence-corrected chi connectivity index (χ2v) is 5.83. The van der Waals surface area contributed by atoms with Crippen LogP contribution in [0.15, 0.2) is 29.4 Å². The Kier molecular flexibility index (Phi) is 5.04. The van der Waals surface area contributed by atoms with E-state index in [1.54, 1.807) is 18.0 Å². The van der Waals surface area contributed by atoms with Gasteiger partial charge in [-0.15, -0.1) is 0 Å². The second kappa shape index (κ2) is 6.77. The van der Waals surface area contributed by atoms with Crippen LogP contribution >= 0.6 is 11.8 Å². The highest BCUT2D eigenvalue weighted by atomic mass is 32.2. The smallest absolute Gasteiger partial charge is 0.188 e. The van der Waals surface area contributed by atoms with E-state index in [1.165, 1.54) is 0 Å². The van der Waals surface area contributed by atoms with E-state index in [1.807, 2.05) is 18.2 Å². The number of nitrogens with two attached hydrogens (primary N) is 1. The first kappa shape index (κ1) is 14.1. The minimum Gasteiger partial charge on any atom is -0.387 e. The molecule has 0 bridgehead atoms. The summed E-state index contributed by atoms with van der Waals surface area (Å²) in [5, 5.41) is 13.2.